The fraction of sp³-hybridized carbons (Fsp3) is 0.154. The Balaban J connectivity index is 2.45. The number of nitrogens with two attached hydrogens (primary N) is 1. The van der Waals surface area contributed by atoms with Gasteiger partial charge in [-0.3, -0.25) is 10.8 Å². The number of aryl methyl sites for hydroxylation is 1. The van der Waals surface area contributed by atoms with E-state index in [0.29, 0.717) is 5.56 Å². The maximum Gasteiger partial charge on any atom is 0.126 e. The molecule has 2 aromatic rings. The number of hydrazine groups is 1. The van der Waals surface area contributed by atoms with Gasteiger partial charge in [-0.05, 0) is 35.7 Å². The fourth-order valence-corrected chi connectivity index (χ4v) is 1.86. The third-order valence-corrected chi connectivity index (χ3v) is 2.61. The third-order valence-electron chi connectivity index (χ3n) is 2.61. The Bertz CT molecular complexity index is 537. The molecule has 1 aromatic heterocycles. The Kier molecular flexibility index (Phi) is 3.64. The Hall–Kier alpha value is -1.85. The molecule has 0 amide bonds. The molecule has 18 heavy (non-hydrogen) atoms. The van der Waals surface area contributed by atoms with Crippen LogP contribution >= 0.6 is 0 Å². The number of pyridine rings is 1. The lowest BCUT2D eigenvalue weighted by Crippen LogP contribution is -2.29. The van der Waals surface area contributed by atoms with Crippen LogP contribution in [-0.2, 0) is 0 Å². The van der Waals surface area contributed by atoms with Gasteiger partial charge >= 0.3 is 0 Å². The molecule has 0 spiro atoms. The summed E-state index contributed by atoms with van der Waals surface area (Å²) in [4.78, 5) is 4.04. The van der Waals surface area contributed by atoms with E-state index in [4.69, 9.17) is 5.84 Å². The first kappa shape index (κ1) is 12.6. The van der Waals surface area contributed by atoms with E-state index in [-0.39, 0.29) is 0 Å². The van der Waals surface area contributed by atoms with Gasteiger partial charge in [0, 0.05) is 18.5 Å². The normalized spacial score (nSPS) is 12.4. The molecule has 3 N–H and O–H groups in total. The molecular weight excluding hydrogens is 236 g/mol. The minimum Gasteiger partial charge on any atom is -0.271 e. The molecule has 0 saturated carbocycles. The first-order valence-electron chi connectivity index (χ1n) is 5.44. The van der Waals surface area contributed by atoms with Crippen LogP contribution < -0.4 is 11.3 Å². The molecule has 1 aromatic carbocycles. The Morgan fingerprint density at radius 2 is 1.72 bits per heavy atom. The average molecular weight is 249 g/mol. The number of nitrogens with zero attached hydrogens (tertiary/aromatic N) is 1. The third kappa shape index (κ3) is 2.69. The van der Waals surface area contributed by atoms with Crippen molar-refractivity contribution in [3.8, 4) is 0 Å². The maximum absolute atomic E-state index is 13.2. The lowest BCUT2D eigenvalue weighted by Gasteiger charge is -2.17. The summed E-state index contributed by atoms with van der Waals surface area (Å²) >= 11 is 0. The van der Waals surface area contributed by atoms with E-state index in [0.717, 1.165) is 17.2 Å². The highest BCUT2D eigenvalue weighted by Crippen LogP contribution is 2.22. The van der Waals surface area contributed by atoms with Gasteiger partial charge in [0.2, 0.25) is 0 Å². The smallest absolute Gasteiger partial charge is 0.126 e. The highest BCUT2D eigenvalue weighted by molar-refractivity contribution is 5.32. The molecule has 0 radical (unpaired) electrons. The van der Waals surface area contributed by atoms with Crippen LogP contribution in [0.15, 0.2) is 36.7 Å². The second-order valence-corrected chi connectivity index (χ2v) is 4.10. The van der Waals surface area contributed by atoms with Crippen molar-refractivity contribution in [2.24, 2.45) is 5.84 Å². The monoisotopic (exact) mass is 249 g/mol. The van der Waals surface area contributed by atoms with Crippen LogP contribution in [-0.4, -0.2) is 4.98 Å². The molecule has 0 aliphatic carbocycles. The zero-order chi connectivity index (χ0) is 13.1. The molecule has 5 heteroatoms. The second kappa shape index (κ2) is 5.20. The first-order chi connectivity index (χ1) is 8.60. The average Bonchev–Trinajstić information content (AvgIpc) is 2.28. The maximum atomic E-state index is 13.2. The zero-order valence-electron chi connectivity index (χ0n) is 9.82. The summed E-state index contributed by atoms with van der Waals surface area (Å²) in [5.41, 5.74) is 4.66. The van der Waals surface area contributed by atoms with E-state index in [1.807, 2.05) is 13.0 Å². The number of hydrogen-bond donors (Lipinski definition) is 2. The molecule has 1 unspecified atom stereocenters. The highest BCUT2D eigenvalue weighted by Gasteiger charge is 2.15. The quantitative estimate of drug-likeness (QED) is 0.647. The van der Waals surface area contributed by atoms with Crippen LogP contribution in [0.25, 0.3) is 0 Å². The first-order valence-corrected chi connectivity index (χ1v) is 5.44. The van der Waals surface area contributed by atoms with Gasteiger partial charge in [0.25, 0.3) is 0 Å². The molecule has 0 aliphatic rings. The number of benzene rings is 1. The van der Waals surface area contributed by atoms with Gasteiger partial charge in [-0.25, -0.2) is 14.2 Å². The van der Waals surface area contributed by atoms with Crippen LogP contribution in [0.1, 0.15) is 22.7 Å². The predicted octanol–water partition coefficient (Wildman–Crippen LogP) is 2.22. The molecule has 0 saturated heterocycles. The summed E-state index contributed by atoms with van der Waals surface area (Å²) in [5, 5.41) is 0. The van der Waals surface area contributed by atoms with Crippen molar-refractivity contribution in [2.75, 3.05) is 0 Å². The number of hydrogen-bond acceptors (Lipinski definition) is 3. The summed E-state index contributed by atoms with van der Waals surface area (Å²) in [6.45, 7) is 1.89. The standard InChI is InChI=1S/C13H13F2N3/c1-8-2-10(7-17-6-8)13(18-16)9-3-11(14)5-12(15)4-9/h2-7,13,18H,16H2,1H3. The van der Waals surface area contributed by atoms with E-state index in [9.17, 15) is 8.78 Å². The van der Waals surface area contributed by atoms with E-state index in [1.54, 1.807) is 12.4 Å². The van der Waals surface area contributed by atoms with E-state index >= 15 is 0 Å². The molecule has 2 rings (SSSR count). The van der Waals surface area contributed by atoms with Gasteiger partial charge in [-0.1, -0.05) is 6.07 Å². The van der Waals surface area contributed by atoms with Crippen molar-refractivity contribution in [1.29, 1.82) is 0 Å². The number of rotatable bonds is 3. The topological polar surface area (TPSA) is 50.9 Å². The lowest BCUT2D eigenvalue weighted by molar-refractivity contribution is 0.565. The van der Waals surface area contributed by atoms with E-state index in [2.05, 4.69) is 10.4 Å². The summed E-state index contributed by atoms with van der Waals surface area (Å²) in [5.74, 6) is 4.20. The Morgan fingerprint density at radius 3 is 2.28 bits per heavy atom. The summed E-state index contributed by atoms with van der Waals surface area (Å²) in [6.07, 6.45) is 3.31. The Morgan fingerprint density at radius 1 is 1.06 bits per heavy atom. The van der Waals surface area contributed by atoms with Crippen LogP contribution in [0.5, 0.6) is 0 Å². The summed E-state index contributed by atoms with van der Waals surface area (Å²) in [6, 6.07) is 4.68. The molecule has 0 aliphatic heterocycles. The van der Waals surface area contributed by atoms with Crippen LogP contribution in [0.2, 0.25) is 0 Å². The molecule has 1 heterocycles. The fourth-order valence-electron chi connectivity index (χ4n) is 1.86. The zero-order valence-corrected chi connectivity index (χ0v) is 9.82. The van der Waals surface area contributed by atoms with Crippen LogP contribution in [0.3, 0.4) is 0 Å². The van der Waals surface area contributed by atoms with Crippen molar-refractivity contribution < 1.29 is 8.78 Å². The minimum atomic E-state index is -0.633. The van der Waals surface area contributed by atoms with Gasteiger partial charge < -0.3 is 0 Å². The van der Waals surface area contributed by atoms with Gasteiger partial charge in [-0.15, -0.1) is 0 Å². The minimum absolute atomic E-state index is 0.419. The van der Waals surface area contributed by atoms with Crippen molar-refractivity contribution in [3.05, 3.63) is 65.0 Å². The van der Waals surface area contributed by atoms with Crippen LogP contribution in [0.4, 0.5) is 8.78 Å². The molecule has 1 atom stereocenters. The SMILES string of the molecule is Cc1cncc(C(NN)c2cc(F)cc(F)c2)c1. The van der Waals surface area contributed by atoms with Crippen molar-refractivity contribution in [1.82, 2.24) is 10.4 Å². The largest absolute Gasteiger partial charge is 0.271 e. The van der Waals surface area contributed by atoms with Crippen molar-refractivity contribution in [3.63, 3.8) is 0 Å². The van der Waals surface area contributed by atoms with E-state index in [1.165, 1.54) is 12.1 Å². The van der Waals surface area contributed by atoms with Gasteiger partial charge in [0.1, 0.15) is 11.6 Å². The predicted molar refractivity (Wildman–Crippen MR) is 64.5 cm³/mol. The second-order valence-electron chi connectivity index (χ2n) is 4.10. The molecule has 3 nitrogen and oxygen atoms in total. The Labute approximate surface area is 104 Å². The number of halogens is 2. The lowest BCUT2D eigenvalue weighted by atomic mass is 9.99. The van der Waals surface area contributed by atoms with Crippen molar-refractivity contribution >= 4 is 0 Å². The number of aromatic nitrogens is 1. The molecule has 94 valence electrons. The van der Waals surface area contributed by atoms with Gasteiger partial charge in [-0.2, -0.15) is 0 Å². The molecular formula is C13H13F2N3. The van der Waals surface area contributed by atoms with Crippen LogP contribution in [0, 0.1) is 18.6 Å². The van der Waals surface area contributed by atoms with Gasteiger partial charge in [0.05, 0.1) is 6.04 Å². The van der Waals surface area contributed by atoms with Gasteiger partial charge in [0.15, 0.2) is 0 Å². The summed E-state index contributed by atoms with van der Waals surface area (Å²) < 4.78 is 26.4. The highest BCUT2D eigenvalue weighted by atomic mass is 19.1. The molecule has 0 fully saturated rings. The van der Waals surface area contributed by atoms with E-state index < -0.39 is 17.7 Å². The summed E-state index contributed by atoms with van der Waals surface area (Å²) in [7, 11) is 0. The molecule has 0 bridgehead atoms. The van der Waals surface area contributed by atoms with Crippen molar-refractivity contribution in [2.45, 2.75) is 13.0 Å². The number of nitrogens with one attached hydrogen (secondary N) is 1.